The molecule has 2 unspecified atom stereocenters. The average molecular weight is 367 g/mol. The first kappa shape index (κ1) is 16.6. The van der Waals surface area contributed by atoms with Crippen molar-refractivity contribution >= 4 is 17.6 Å². The number of hydrogen-bond acceptors (Lipinski definition) is 3. The summed E-state index contributed by atoms with van der Waals surface area (Å²) in [4.78, 5) is 33.0. The highest BCUT2D eigenvalue weighted by molar-refractivity contribution is 5.94. The fraction of sp³-hybridized carbons (Fsp3) is 0.550. The molecule has 27 heavy (non-hydrogen) atoms. The van der Waals surface area contributed by atoms with Crippen LogP contribution in [0.15, 0.2) is 30.7 Å². The van der Waals surface area contributed by atoms with Crippen molar-refractivity contribution < 1.29 is 9.59 Å². The molecule has 142 valence electrons. The van der Waals surface area contributed by atoms with Crippen LogP contribution in [0.3, 0.4) is 0 Å². The van der Waals surface area contributed by atoms with Crippen LogP contribution < -0.4 is 5.32 Å². The maximum atomic E-state index is 12.4. The molecule has 0 radical (unpaired) electrons. The van der Waals surface area contributed by atoms with Crippen LogP contribution in [-0.2, 0) is 0 Å². The second-order valence-electron chi connectivity index (χ2n) is 8.03. The van der Waals surface area contributed by atoms with Gasteiger partial charge in [-0.15, -0.1) is 0 Å². The van der Waals surface area contributed by atoms with Crippen LogP contribution in [0.2, 0.25) is 0 Å². The van der Waals surface area contributed by atoms with Gasteiger partial charge >= 0.3 is 6.03 Å². The van der Waals surface area contributed by atoms with Crippen LogP contribution in [0.25, 0.3) is 5.65 Å². The summed E-state index contributed by atoms with van der Waals surface area (Å²) < 4.78 is 1.85. The Morgan fingerprint density at radius 3 is 2.67 bits per heavy atom. The van der Waals surface area contributed by atoms with Crippen molar-refractivity contribution in [2.75, 3.05) is 32.7 Å². The van der Waals surface area contributed by atoms with Crippen LogP contribution >= 0.6 is 0 Å². The summed E-state index contributed by atoms with van der Waals surface area (Å²) in [6.07, 6.45) is 8.66. The SMILES string of the molecule is O=C(NCCC1C2CN(C(=O)N3CCCC3)CC12)c1ccc2nccn2c1. The number of rotatable bonds is 4. The Balaban J connectivity index is 1.07. The molecule has 2 aromatic heterocycles. The summed E-state index contributed by atoms with van der Waals surface area (Å²) >= 11 is 0. The normalized spacial score (nSPS) is 26.4. The average Bonchev–Trinajstić information content (AvgIpc) is 3.22. The van der Waals surface area contributed by atoms with Crippen molar-refractivity contribution in [3.8, 4) is 0 Å². The largest absolute Gasteiger partial charge is 0.352 e. The number of imidazole rings is 1. The number of urea groups is 1. The number of pyridine rings is 1. The lowest BCUT2D eigenvalue weighted by molar-refractivity contribution is 0.0951. The summed E-state index contributed by atoms with van der Waals surface area (Å²) in [5, 5.41) is 3.03. The fourth-order valence-electron chi connectivity index (χ4n) is 4.85. The van der Waals surface area contributed by atoms with Crippen LogP contribution in [0.4, 0.5) is 4.79 Å². The van der Waals surface area contributed by atoms with Crippen molar-refractivity contribution in [3.05, 3.63) is 36.3 Å². The van der Waals surface area contributed by atoms with Gasteiger partial charge in [0, 0.05) is 51.3 Å². The smallest absolute Gasteiger partial charge is 0.320 e. The van der Waals surface area contributed by atoms with E-state index in [-0.39, 0.29) is 11.9 Å². The van der Waals surface area contributed by atoms with Gasteiger partial charge in [-0.2, -0.15) is 0 Å². The highest BCUT2D eigenvalue weighted by Crippen LogP contribution is 2.53. The molecule has 0 aromatic carbocycles. The van der Waals surface area contributed by atoms with Crippen LogP contribution in [-0.4, -0.2) is 63.8 Å². The predicted octanol–water partition coefficient (Wildman–Crippen LogP) is 1.85. The molecule has 2 atom stereocenters. The van der Waals surface area contributed by atoms with Crippen molar-refractivity contribution in [2.45, 2.75) is 19.3 Å². The lowest BCUT2D eigenvalue weighted by atomic mass is 10.2. The number of aromatic nitrogens is 2. The van der Waals surface area contributed by atoms with E-state index < -0.39 is 0 Å². The van der Waals surface area contributed by atoms with E-state index in [1.54, 1.807) is 6.20 Å². The summed E-state index contributed by atoms with van der Waals surface area (Å²) in [7, 11) is 0. The minimum Gasteiger partial charge on any atom is -0.352 e. The third-order valence-corrected chi connectivity index (χ3v) is 6.43. The zero-order valence-electron chi connectivity index (χ0n) is 15.4. The molecule has 5 rings (SSSR count). The molecule has 2 saturated heterocycles. The lowest BCUT2D eigenvalue weighted by Gasteiger charge is -2.26. The van der Waals surface area contributed by atoms with Gasteiger partial charge in [0.1, 0.15) is 5.65 Å². The Morgan fingerprint density at radius 1 is 1.11 bits per heavy atom. The first-order valence-electron chi connectivity index (χ1n) is 9.95. The van der Waals surface area contributed by atoms with Crippen LogP contribution in [0.1, 0.15) is 29.6 Å². The second kappa shape index (κ2) is 6.55. The van der Waals surface area contributed by atoms with E-state index in [1.165, 1.54) is 0 Å². The van der Waals surface area contributed by atoms with E-state index >= 15 is 0 Å². The van der Waals surface area contributed by atoms with Gasteiger partial charge in [-0.05, 0) is 49.1 Å². The van der Waals surface area contributed by atoms with E-state index in [9.17, 15) is 9.59 Å². The van der Waals surface area contributed by atoms with Gasteiger partial charge in [0.2, 0.25) is 0 Å². The number of piperidine rings is 1. The molecular weight excluding hydrogens is 342 g/mol. The Kier molecular flexibility index (Phi) is 4.02. The first-order valence-corrected chi connectivity index (χ1v) is 9.95. The zero-order chi connectivity index (χ0) is 18.4. The monoisotopic (exact) mass is 367 g/mol. The number of nitrogens with one attached hydrogen (secondary N) is 1. The first-order chi connectivity index (χ1) is 13.2. The summed E-state index contributed by atoms with van der Waals surface area (Å²) in [6, 6.07) is 3.90. The van der Waals surface area contributed by atoms with Gasteiger partial charge in [0.05, 0.1) is 5.56 Å². The van der Waals surface area contributed by atoms with Gasteiger partial charge in [0.25, 0.3) is 5.91 Å². The third-order valence-electron chi connectivity index (χ3n) is 6.43. The van der Waals surface area contributed by atoms with E-state index in [0.717, 1.165) is 51.1 Å². The van der Waals surface area contributed by atoms with Crippen LogP contribution in [0, 0.1) is 17.8 Å². The van der Waals surface area contributed by atoms with Crippen molar-refractivity contribution in [1.29, 1.82) is 0 Å². The van der Waals surface area contributed by atoms with Crippen molar-refractivity contribution in [3.63, 3.8) is 0 Å². The Hall–Kier alpha value is -2.57. The van der Waals surface area contributed by atoms with Gasteiger partial charge in [-0.1, -0.05) is 0 Å². The van der Waals surface area contributed by atoms with E-state index in [1.807, 2.05) is 38.7 Å². The minimum atomic E-state index is -0.0396. The zero-order valence-corrected chi connectivity index (χ0v) is 15.4. The van der Waals surface area contributed by atoms with Crippen LogP contribution in [0.5, 0.6) is 0 Å². The molecule has 2 aliphatic heterocycles. The molecule has 1 aliphatic carbocycles. The Bertz CT molecular complexity index is 860. The summed E-state index contributed by atoms with van der Waals surface area (Å²) in [6.45, 7) is 4.33. The van der Waals surface area contributed by atoms with Gasteiger partial charge < -0.3 is 19.5 Å². The van der Waals surface area contributed by atoms with Crippen molar-refractivity contribution in [2.24, 2.45) is 17.8 Å². The lowest BCUT2D eigenvalue weighted by Crippen LogP contribution is -2.42. The summed E-state index contributed by atoms with van der Waals surface area (Å²) in [5.74, 6) is 1.89. The topological polar surface area (TPSA) is 70.0 Å². The number of carbonyl (C=O) groups excluding carboxylic acids is 2. The molecule has 0 bridgehead atoms. The van der Waals surface area contributed by atoms with Gasteiger partial charge in [-0.3, -0.25) is 4.79 Å². The number of carbonyl (C=O) groups is 2. The minimum absolute atomic E-state index is 0.0396. The standard InChI is InChI=1S/C20H25N5O2/c26-19(14-3-4-18-21-7-10-24(18)11-14)22-6-5-15-16-12-25(13-17(15)16)20(27)23-8-1-2-9-23/h3-4,7,10-11,15-17H,1-2,5-6,8-9,12-13H2,(H,22,26). The molecular formula is C20H25N5O2. The number of likely N-dealkylation sites (tertiary alicyclic amines) is 2. The van der Waals surface area contributed by atoms with Crippen molar-refractivity contribution in [1.82, 2.24) is 24.5 Å². The number of amides is 3. The van der Waals surface area contributed by atoms with Gasteiger partial charge in [0.15, 0.2) is 0 Å². The molecule has 3 aliphatic rings. The maximum absolute atomic E-state index is 12.4. The molecule has 7 nitrogen and oxygen atoms in total. The second-order valence-corrected chi connectivity index (χ2v) is 8.03. The number of fused-ring (bicyclic) bond motifs is 2. The van der Waals surface area contributed by atoms with E-state index in [2.05, 4.69) is 10.3 Å². The van der Waals surface area contributed by atoms with Gasteiger partial charge in [-0.25, -0.2) is 9.78 Å². The van der Waals surface area contributed by atoms with E-state index in [0.29, 0.717) is 29.9 Å². The molecule has 2 aromatic rings. The van der Waals surface area contributed by atoms with E-state index in [4.69, 9.17) is 0 Å². The highest BCUT2D eigenvalue weighted by atomic mass is 16.2. The third kappa shape index (κ3) is 3.05. The fourth-order valence-corrected chi connectivity index (χ4v) is 4.85. The maximum Gasteiger partial charge on any atom is 0.320 e. The Morgan fingerprint density at radius 2 is 1.89 bits per heavy atom. The summed E-state index contributed by atoms with van der Waals surface area (Å²) in [5.41, 5.74) is 1.49. The highest BCUT2D eigenvalue weighted by Gasteiger charge is 2.56. The number of nitrogens with zero attached hydrogens (tertiary/aromatic N) is 4. The predicted molar refractivity (Wildman–Crippen MR) is 100 cm³/mol. The molecule has 3 fully saturated rings. The Labute approximate surface area is 158 Å². The molecule has 1 N–H and O–H groups in total. The molecule has 3 amide bonds. The molecule has 7 heteroatoms. The number of hydrogen-bond donors (Lipinski definition) is 1. The molecule has 0 spiro atoms. The molecule has 1 saturated carbocycles. The quantitative estimate of drug-likeness (QED) is 0.897. The molecule has 4 heterocycles.